The van der Waals surface area contributed by atoms with Crippen molar-refractivity contribution in [2.24, 2.45) is 5.73 Å². The van der Waals surface area contributed by atoms with Crippen LogP contribution in [-0.4, -0.2) is 43.5 Å². The highest BCUT2D eigenvalue weighted by atomic mass is 16.2. The van der Waals surface area contributed by atoms with Crippen molar-refractivity contribution >= 4 is 5.91 Å². The molecule has 1 aliphatic carbocycles. The summed E-state index contributed by atoms with van der Waals surface area (Å²) in [7, 11) is 3.67. The van der Waals surface area contributed by atoms with Crippen LogP contribution in [0.25, 0.3) is 0 Å². The third-order valence-corrected chi connectivity index (χ3v) is 2.26. The Bertz CT molecular complexity index is 177. The molecule has 0 atom stereocenters. The first-order chi connectivity index (χ1) is 5.60. The number of carbonyl (C=O) groups is 1. The lowest BCUT2D eigenvalue weighted by Gasteiger charge is -2.20. The predicted octanol–water partition coefficient (Wildman–Crippen LogP) is -0.844. The third kappa shape index (κ3) is 1.95. The van der Waals surface area contributed by atoms with Crippen LogP contribution in [0.5, 0.6) is 0 Å². The number of likely N-dealkylation sites (N-methyl/N-ethyl adjacent to an activating group) is 2. The predicted molar refractivity (Wildman–Crippen MR) is 47.7 cm³/mol. The Morgan fingerprint density at radius 3 is 2.67 bits per heavy atom. The molecule has 0 unspecified atom stereocenters. The fraction of sp³-hybridized carbons (Fsp3) is 0.875. The van der Waals surface area contributed by atoms with E-state index in [4.69, 9.17) is 5.73 Å². The minimum absolute atomic E-state index is 0.0813. The number of nitrogens with one attached hydrogen (secondary N) is 1. The molecule has 0 heterocycles. The quantitative estimate of drug-likeness (QED) is 0.579. The number of carbonyl (C=O) groups excluding carboxylic acids is 1. The van der Waals surface area contributed by atoms with E-state index in [1.165, 1.54) is 0 Å². The average molecular weight is 171 g/mol. The van der Waals surface area contributed by atoms with E-state index in [0.717, 1.165) is 25.9 Å². The fourth-order valence-electron chi connectivity index (χ4n) is 1.11. The van der Waals surface area contributed by atoms with E-state index in [0.29, 0.717) is 0 Å². The lowest BCUT2D eigenvalue weighted by molar-refractivity contribution is -0.132. The van der Waals surface area contributed by atoms with Gasteiger partial charge in [-0.3, -0.25) is 4.79 Å². The molecule has 4 heteroatoms. The van der Waals surface area contributed by atoms with Crippen LogP contribution in [0.2, 0.25) is 0 Å². The monoisotopic (exact) mass is 171 g/mol. The maximum atomic E-state index is 11.5. The van der Waals surface area contributed by atoms with Gasteiger partial charge in [0.2, 0.25) is 5.91 Å². The van der Waals surface area contributed by atoms with Crippen molar-refractivity contribution in [1.29, 1.82) is 0 Å². The fourth-order valence-corrected chi connectivity index (χ4v) is 1.11. The summed E-state index contributed by atoms with van der Waals surface area (Å²) >= 11 is 0. The Morgan fingerprint density at radius 1 is 1.67 bits per heavy atom. The first-order valence-corrected chi connectivity index (χ1v) is 4.29. The minimum Gasteiger partial charge on any atom is -0.343 e. The van der Waals surface area contributed by atoms with Gasteiger partial charge in [0.25, 0.3) is 0 Å². The van der Waals surface area contributed by atoms with E-state index in [1.54, 1.807) is 11.9 Å². The molecular formula is C8H17N3O. The second-order valence-corrected chi connectivity index (χ2v) is 3.49. The standard InChI is InChI=1S/C8H17N3O/c1-10-5-6-11(2)7(12)8(9)3-4-8/h10H,3-6,9H2,1-2H3. The summed E-state index contributed by atoms with van der Waals surface area (Å²) in [6.45, 7) is 1.55. The van der Waals surface area contributed by atoms with Crippen molar-refractivity contribution in [3.05, 3.63) is 0 Å². The molecule has 0 aromatic heterocycles. The lowest BCUT2D eigenvalue weighted by Crippen LogP contribution is -2.45. The largest absolute Gasteiger partial charge is 0.343 e. The van der Waals surface area contributed by atoms with Crippen LogP contribution in [0.3, 0.4) is 0 Å². The summed E-state index contributed by atoms with van der Waals surface area (Å²) in [6.07, 6.45) is 1.69. The van der Waals surface area contributed by atoms with Crippen molar-refractivity contribution in [2.75, 3.05) is 27.2 Å². The Hall–Kier alpha value is -0.610. The van der Waals surface area contributed by atoms with Gasteiger partial charge in [-0.2, -0.15) is 0 Å². The topological polar surface area (TPSA) is 58.4 Å². The Balaban J connectivity index is 2.31. The SMILES string of the molecule is CNCCN(C)C(=O)C1(N)CC1. The Labute approximate surface area is 73.1 Å². The number of nitrogens with two attached hydrogens (primary N) is 1. The molecule has 12 heavy (non-hydrogen) atoms. The Kier molecular flexibility index (Phi) is 2.69. The van der Waals surface area contributed by atoms with E-state index in [1.807, 2.05) is 7.05 Å². The highest BCUT2D eigenvalue weighted by Gasteiger charge is 2.47. The van der Waals surface area contributed by atoms with Crippen molar-refractivity contribution in [1.82, 2.24) is 10.2 Å². The van der Waals surface area contributed by atoms with Gasteiger partial charge in [-0.05, 0) is 19.9 Å². The van der Waals surface area contributed by atoms with Gasteiger partial charge in [0.1, 0.15) is 0 Å². The molecule has 1 rings (SSSR count). The summed E-state index contributed by atoms with van der Waals surface area (Å²) in [5, 5.41) is 2.99. The smallest absolute Gasteiger partial charge is 0.242 e. The normalized spacial score (nSPS) is 18.9. The molecule has 1 saturated carbocycles. The van der Waals surface area contributed by atoms with E-state index in [9.17, 15) is 4.79 Å². The van der Waals surface area contributed by atoms with Crippen LogP contribution in [0.15, 0.2) is 0 Å². The molecule has 0 saturated heterocycles. The summed E-state index contributed by atoms with van der Waals surface area (Å²) in [6, 6.07) is 0. The molecule has 1 amide bonds. The van der Waals surface area contributed by atoms with Crippen LogP contribution < -0.4 is 11.1 Å². The van der Waals surface area contributed by atoms with Gasteiger partial charge >= 0.3 is 0 Å². The zero-order valence-electron chi connectivity index (χ0n) is 7.76. The molecular weight excluding hydrogens is 154 g/mol. The van der Waals surface area contributed by atoms with Gasteiger partial charge in [-0.25, -0.2) is 0 Å². The summed E-state index contributed by atoms with van der Waals surface area (Å²) in [4.78, 5) is 13.2. The summed E-state index contributed by atoms with van der Waals surface area (Å²) in [5.41, 5.74) is 5.24. The number of rotatable bonds is 4. The van der Waals surface area contributed by atoms with Crippen molar-refractivity contribution in [3.8, 4) is 0 Å². The zero-order chi connectivity index (χ0) is 9.19. The molecule has 0 aliphatic heterocycles. The van der Waals surface area contributed by atoms with E-state index in [2.05, 4.69) is 5.32 Å². The van der Waals surface area contributed by atoms with Crippen molar-refractivity contribution in [2.45, 2.75) is 18.4 Å². The third-order valence-electron chi connectivity index (χ3n) is 2.26. The second-order valence-electron chi connectivity index (χ2n) is 3.49. The highest BCUT2D eigenvalue weighted by molar-refractivity contribution is 5.88. The molecule has 1 fully saturated rings. The van der Waals surface area contributed by atoms with E-state index < -0.39 is 5.54 Å². The summed E-state index contributed by atoms with van der Waals surface area (Å²) in [5.74, 6) is 0.0813. The van der Waals surface area contributed by atoms with Gasteiger partial charge in [-0.1, -0.05) is 0 Å². The average Bonchev–Trinajstić information content (AvgIpc) is 2.79. The number of hydrogen-bond acceptors (Lipinski definition) is 3. The van der Waals surface area contributed by atoms with Gasteiger partial charge in [0, 0.05) is 20.1 Å². The van der Waals surface area contributed by atoms with E-state index >= 15 is 0 Å². The molecule has 0 spiro atoms. The van der Waals surface area contributed by atoms with Crippen LogP contribution in [0.4, 0.5) is 0 Å². The van der Waals surface area contributed by atoms with Gasteiger partial charge < -0.3 is 16.0 Å². The van der Waals surface area contributed by atoms with Crippen molar-refractivity contribution in [3.63, 3.8) is 0 Å². The van der Waals surface area contributed by atoms with Gasteiger partial charge in [-0.15, -0.1) is 0 Å². The highest BCUT2D eigenvalue weighted by Crippen LogP contribution is 2.33. The zero-order valence-corrected chi connectivity index (χ0v) is 7.76. The van der Waals surface area contributed by atoms with E-state index in [-0.39, 0.29) is 5.91 Å². The molecule has 0 aromatic rings. The number of amides is 1. The number of nitrogens with zero attached hydrogens (tertiary/aromatic N) is 1. The maximum absolute atomic E-state index is 11.5. The second kappa shape index (κ2) is 3.41. The van der Waals surface area contributed by atoms with Gasteiger partial charge in [0.15, 0.2) is 0 Å². The first-order valence-electron chi connectivity index (χ1n) is 4.29. The maximum Gasteiger partial charge on any atom is 0.242 e. The first kappa shape index (κ1) is 9.48. The lowest BCUT2D eigenvalue weighted by atomic mass is 10.2. The summed E-state index contributed by atoms with van der Waals surface area (Å²) < 4.78 is 0. The number of hydrogen-bond donors (Lipinski definition) is 2. The Morgan fingerprint density at radius 2 is 2.25 bits per heavy atom. The molecule has 70 valence electrons. The van der Waals surface area contributed by atoms with Crippen LogP contribution >= 0.6 is 0 Å². The van der Waals surface area contributed by atoms with Crippen LogP contribution in [0, 0.1) is 0 Å². The molecule has 0 radical (unpaired) electrons. The van der Waals surface area contributed by atoms with Crippen molar-refractivity contribution < 1.29 is 4.79 Å². The van der Waals surface area contributed by atoms with Crippen LogP contribution in [-0.2, 0) is 4.79 Å². The molecule has 3 N–H and O–H groups in total. The van der Waals surface area contributed by atoms with Gasteiger partial charge in [0.05, 0.1) is 5.54 Å². The molecule has 4 nitrogen and oxygen atoms in total. The molecule has 1 aliphatic rings. The molecule has 0 aromatic carbocycles. The van der Waals surface area contributed by atoms with Crippen LogP contribution in [0.1, 0.15) is 12.8 Å². The minimum atomic E-state index is -0.511. The molecule has 0 bridgehead atoms.